The van der Waals surface area contributed by atoms with E-state index in [1.807, 2.05) is 32.0 Å². The summed E-state index contributed by atoms with van der Waals surface area (Å²) in [5, 5.41) is 5.55. The highest BCUT2D eigenvalue weighted by molar-refractivity contribution is 5.97. The van der Waals surface area contributed by atoms with Crippen LogP contribution in [0.15, 0.2) is 42.7 Å². The van der Waals surface area contributed by atoms with Gasteiger partial charge in [-0.2, -0.15) is 0 Å². The summed E-state index contributed by atoms with van der Waals surface area (Å²) >= 11 is 0. The second kappa shape index (κ2) is 10.1. The lowest BCUT2D eigenvalue weighted by atomic mass is 10.0. The van der Waals surface area contributed by atoms with Crippen LogP contribution in [0.1, 0.15) is 41.0 Å². The van der Waals surface area contributed by atoms with Gasteiger partial charge in [-0.1, -0.05) is 13.8 Å². The largest absolute Gasteiger partial charge is 0.496 e. The van der Waals surface area contributed by atoms with E-state index in [2.05, 4.69) is 15.6 Å². The summed E-state index contributed by atoms with van der Waals surface area (Å²) < 4.78 is 10.8. The fraction of sp³-hybridized carbons (Fsp3) is 0.435. The van der Waals surface area contributed by atoms with Gasteiger partial charge in [0.2, 0.25) is 5.91 Å². The molecule has 0 aliphatic rings. The molecule has 0 bridgehead atoms. The predicted molar refractivity (Wildman–Crippen MR) is 117 cm³/mol. The van der Waals surface area contributed by atoms with Crippen molar-refractivity contribution in [3.63, 3.8) is 0 Å². The van der Waals surface area contributed by atoms with Crippen molar-refractivity contribution < 1.29 is 19.1 Å². The van der Waals surface area contributed by atoms with E-state index in [1.54, 1.807) is 52.4 Å². The van der Waals surface area contributed by atoms with E-state index < -0.39 is 17.7 Å². The molecule has 2 amide bonds. The quantitative estimate of drug-likeness (QED) is 0.690. The Bertz CT molecular complexity index is 860. The number of nitrogens with zero attached hydrogens (tertiary/aromatic N) is 1. The summed E-state index contributed by atoms with van der Waals surface area (Å²) in [7, 11) is 1.58. The number of hydrogen-bond acceptors (Lipinski definition) is 5. The molecule has 0 unspecified atom stereocenters. The Balaban J connectivity index is 2.17. The minimum atomic E-state index is -0.717. The van der Waals surface area contributed by atoms with Crippen LogP contribution < -0.4 is 15.4 Å². The van der Waals surface area contributed by atoms with E-state index in [0.717, 1.165) is 11.1 Å². The van der Waals surface area contributed by atoms with Crippen LogP contribution in [-0.2, 0) is 9.53 Å². The summed E-state index contributed by atoms with van der Waals surface area (Å²) in [6, 6.07) is 8.50. The van der Waals surface area contributed by atoms with Gasteiger partial charge >= 0.3 is 6.09 Å². The summed E-state index contributed by atoms with van der Waals surface area (Å²) in [5.74, 6) is 0.520. The molecule has 1 heterocycles. The van der Waals surface area contributed by atoms with Crippen molar-refractivity contribution in [2.45, 2.75) is 52.7 Å². The Hall–Kier alpha value is -3.09. The number of benzene rings is 1. The molecule has 0 aliphatic heterocycles. The van der Waals surface area contributed by atoms with Crippen molar-refractivity contribution >= 4 is 17.7 Å². The number of carbonyl (C=O) groups is 2. The SMILES string of the molecule is COc1cc(NC(=O)[C@@H](CC(C)C)NC(=O)OC(C)(C)C)ccc1-c1ccncc1. The average Bonchev–Trinajstić information content (AvgIpc) is 2.66. The number of hydrogen-bond donors (Lipinski definition) is 2. The van der Waals surface area contributed by atoms with Crippen LogP contribution in [0.5, 0.6) is 5.75 Å². The Labute approximate surface area is 178 Å². The molecule has 1 aromatic heterocycles. The zero-order valence-corrected chi connectivity index (χ0v) is 18.5. The molecule has 2 rings (SSSR count). The predicted octanol–water partition coefficient (Wildman–Crippen LogP) is 4.64. The van der Waals surface area contributed by atoms with E-state index in [-0.39, 0.29) is 11.8 Å². The third-order valence-electron chi connectivity index (χ3n) is 4.17. The maximum atomic E-state index is 12.9. The van der Waals surface area contributed by atoms with E-state index >= 15 is 0 Å². The first-order chi connectivity index (χ1) is 14.1. The fourth-order valence-corrected chi connectivity index (χ4v) is 2.92. The van der Waals surface area contributed by atoms with Gasteiger partial charge < -0.3 is 20.1 Å². The van der Waals surface area contributed by atoms with Crippen molar-refractivity contribution in [1.29, 1.82) is 0 Å². The zero-order chi connectivity index (χ0) is 22.3. The first kappa shape index (κ1) is 23.2. The molecular formula is C23H31N3O4. The Kier molecular flexibility index (Phi) is 7.80. The number of ether oxygens (including phenoxy) is 2. The van der Waals surface area contributed by atoms with Crippen LogP contribution in [-0.4, -0.2) is 35.7 Å². The minimum absolute atomic E-state index is 0.208. The van der Waals surface area contributed by atoms with Crippen LogP contribution >= 0.6 is 0 Å². The average molecular weight is 414 g/mol. The second-order valence-electron chi connectivity index (χ2n) is 8.47. The molecular weight excluding hydrogens is 382 g/mol. The zero-order valence-electron chi connectivity index (χ0n) is 18.5. The second-order valence-corrected chi connectivity index (χ2v) is 8.47. The smallest absolute Gasteiger partial charge is 0.408 e. The molecule has 0 saturated carbocycles. The molecule has 2 aromatic rings. The maximum absolute atomic E-state index is 12.9. The Morgan fingerprint density at radius 2 is 1.77 bits per heavy atom. The molecule has 0 saturated heterocycles. The molecule has 30 heavy (non-hydrogen) atoms. The molecule has 0 radical (unpaired) electrons. The Morgan fingerprint density at radius 3 is 2.33 bits per heavy atom. The van der Waals surface area contributed by atoms with Crippen molar-refractivity contribution in [3.05, 3.63) is 42.7 Å². The van der Waals surface area contributed by atoms with Crippen molar-refractivity contribution in [3.8, 4) is 16.9 Å². The molecule has 0 spiro atoms. The molecule has 0 fully saturated rings. The van der Waals surface area contributed by atoms with Crippen molar-refractivity contribution in [2.24, 2.45) is 5.92 Å². The number of aromatic nitrogens is 1. The van der Waals surface area contributed by atoms with Crippen molar-refractivity contribution in [1.82, 2.24) is 10.3 Å². The number of pyridine rings is 1. The van der Waals surface area contributed by atoms with E-state index in [1.165, 1.54) is 0 Å². The highest BCUT2D eigenvalue weighted by atomic mass is 16.6. The Morgan fingerprint density at radius 1 is 1.10 bits per heavy atom. The summed E-state index contributed by atoms with van der Waals surface area (Å²) in [4.78, 5) is 29.1. The van der Waals surface area contributed by atoms with Crippen LogP contribution in [0.25, 0.3) is 11.1 Å². The standard InChI is InChI=1S/C23H31N3O4/c1-15(2)13-19(26-22(28)30-23(3,4)5)21(27)25-17-7-8-18(20(14-17)29-6)16-9-11-24-12-10-16/h7-12,14-15,19H,13H2,1-6H3,(H,25,27)(H,26,28)/t19-/m1/s1. The van der Waals surface area contributed by atoms with Gasteiger partial charge in [-0.05, 0) is 62.9 Å². The highest BCUT2D eigenvalue weighted by Crippen LogP contribution is 2.32. The monoisotopic (exact) mass is 413 g/mol. The number of carbonyl (C=O) groups excluding carboxylic acids is 2. The number of methoxy groups -OCH3 is 1. The minimum Gasteiger partial charge on any atom is -0.496 e. The maximum Gasteiger partial charge on any atom is 0.408 e. The van der Waals surface area contributed by atoms with E-state index in [4.69, 9.17) is 9.47 Å². The molecule has 7 heteroatoms. The van der Waals surface area contributed by atoms with Gasteiger partial charge in [0.15, 0.2) is 0 Å². The molecule has 0 aliphatic carbocycles. The fourth-order valence-electron chi connectivity index (χ4n) is 2.92. The number of alkyl carbamates (subject to hydrolysis) is 1. The molecule has 1 aromatic carbocycles. The molecule has 2 N–H and O–H groups in total. The van der Waals surface area contributed by atoms with Crippen LogP contribution in [0, 0.1) is 5.92 Å². The lowest BCUT2D eigenvalue weighted by Gasteiger charge is -2.24. The van der Waals surface area contributed by atoms with Gasteiger partial charge in [0.25, 0.3) is 0 Å². The number of nitrogens with one attached hydrogen (secondary N) is 2. The summed E-state index contributed by atoms with van der Waals surface area (Å²) in [6.07, 6.45) is 3.29. The number of amides is 2. The van der Waals surface area contributed by atoms with Gasteiger partial charge in [0.1, 0.15) is 17.4 Å². The third-order valence-corrected chi connectivity index (χ3v) is 4.17. The highest BCUT2D eigenvalue weighted by Gasteiger charge is 2.25. The van der Waals surface area contributed by atoms with Crippen LogP contribution in [0.2, 0.25) is 0 Å². The molecule has 1 atom stereocenters. The van der Waals surface area contributed by atoms with Gasteiger partial charge in [0, 0.05) is 29.7 Å². The topological polar surface area (TPSA) is 89.6 Å². The first-order valence-electron chi connectivity index (χ1n) is 9.98. The van der Waals surface area contributed by atoms with E-state index in [9.17, 15) is 9.59 Å². The summed E-state index contributed by atoms with van der Waals surface area (Å²) in [5.41, 5.74) is 1.79. The van der Waals surface area contributed by atoms with Gasteiger partial charge in [-0.3, -0.25) is 9.78 Å². The van der Waals surface area contributed by atoms with Crippen LogP contribution in [0.4, 0.5) is 10.5 Å². The number of rotatable bonds is 7. The van der Waals surface area contributed by atoms with Gasteiger partial charge in [-0.25, -0.2) is 4.79 Å². The normalized spacial score (nSPS) is 12.2. The van der Waals surface area contributed by atoms with E-state index in [0.29, 0.717) is 17.9 Å². The van der Waals surface area contributed by atoms with Gasteiger partial charge in [0.05, 0.1) is 7.11 Å². The first-order valence-corrected chi connectivity index (χ1v) is 9.98. The molecule has 162 valence electrons. The molecule has 7 nitrogen and oxygen atoms in total. The lowest BCUT2D eigenvalue weighted by molar-refractivity contribution is -0.118. The summed E-state index contributed by atoms with van der Waals surface area (Å²) in [6.45, 7) is 9.31. The number of anilines is 1. The van der Waals surface area contributed by atoms with Crippen LogP contribution in [0.3, 0.4) is 0 Å². The van der Waals surface area contributed by atoms with Gasteiger partial charge in [-0.15, -0.1) is 0 Å². The third kappa shape index (κ3) is 7.06. The van der Waals surface area contributed by atoms with Crippen molar-refractivity contribution in [2.75, 3.05) is 12.4 Å². The lowest BCUT2D eigenvalue weighted by Crippen LogP contribution is -2.46.